The first-order chi connectivity index (χ1) is 9.72. The summed E-state index contributed by atoms with van der Waals surface area (Å²) in [5.41, 5.74) is 2.93. The van der Waals surface area contributed by atoms with E-state index < -0.39 is 0 Å². The molecule has 2 heteroatoms. The first kappa shape index (κ1) is 16.3. The molecule has 1 fully saturated rings. The SMILES string of the molecule is CCCNC(CC1CCCCC1)c1cccc(C)c1I. The van der Waals surface area contributed by atoms with Crippen LogP contribution in [-0.4, -0.2) is 6.54 Å². The maximum atomic E-state index is 3.80. The van der Waals surface area contributed by atoms with E-state index in [9.17, 15) is 0 Å². The molecule has 0 amide bonds. The molecule has 1 aromatic rings. The molecule has 1 aliphatic rings. The lowest BCUT2D eigenvalue weighted by Gasteiger charge is -2.28. The predicted molar refractivity (Wildman–Crippen MR) is 96.1 cm³/mol. The van der Waals surface area contributed by atoms with Crippen molar-refractivity contribution in [2.75, 3.05) is 6.54 Å². The van der Waals surface area contributed by atoms with Gasteiger partial charge in [0.1, 0.15) is 0 Å². The highest BCUT2D eigenvalue weighted by Gasteiger charge is 2.21. The van der Waals surface area contributed by atoms with Crippen LogP contribution in [0, 0.1) is 16.4 Å². The minimum atomic E-state index is 0.546. The van der Waals surface area contributed by atoms with E-state index >= 15 is 0 Å². The highest BCUT2D eigenvalue weighted by atomic mass is 127. The van der Waals surface area contributed by atoms with Crippen LogP contribution in [-0.2, 0) is 0 Å². The van der Waals surface area contributed by atoms with E-state index in [0.29, 0.717) is 6.04 Å². The van der Waals surface area contributed by atoms with Gasteiger partial charge in [-0.05, 0) is 65.9 Å². The Labute approximate surface area is 138 Å². The van der Waals surface area contributed by atoms with E-state index in [4.69, 9.17) is 0 Å². The molecule has 0 aliphatic heterocycles. The summed E-state index contributed by atoms with van der Waals surface area (Å²) in [5, 5.41) is 3.80. The zero-order valence-corrected chi connectivity index (χ0v) is 15.1. The lowest BCUT2D eigenvalue weighted by Crippen LogP contribution is -2.26. The van der Waals surface area contributed by atoms with Crippen LogP contribution >= 0.6 is 22.6 Å². The van der Waals surface area contributed by atoms with E-state index in [1.54, 1.807) is 0 Å². The zero-order valence-electron chi connectivity index (χ0n) is 12.9. The van der Waals surface area contributed by atoms with Gasteiger partial charge in [-0.2, -0.15) is 0 Å². The van der Waals surface area contributed by atoms with Gasteiger partial charge in [-0.15, -0.1) is 0 Å². The van der Waals surface area contributed by atoms with Crippen molar-refractivity contribution in [3.8, 4) is 0 Å². The van der Waals surface area contributed by atoms with Crippen molar-refractivity contribution >= 4 is 22.6 Å². The Kier molecular flexibility index (Phi) is 6.82. The molecule has 0 spiro atoms. The number of rotatable bonds is 6. The molecule has 112 valence electrons. The molecule has 0 saturated heterocycles. The first-order valence-electron chi connectivity index (χ1n) is 8.20. The predicted octanol–water partition coefficient (Wildman–Crippen LogP) is 5.61. The summed E-state index contributed by atoms with van der Waals surface area (Å²) in [6.45, 7) is 5.61. The quantitative estimate of drug-likeness (QED) is 0.628. The van der Waals surface area contributed by atoms with Crippen molar-refractivity contribution in [2.45, 2.75) is 64.8 Å². The smallest absolute Gasteiger partial charge is 0.0333 e. The van der Waals surface area contributed by atoms with Gasteiger partial charge in [-0.3, -0.25) is 0 Å². The topological polar surface area (TPSA) is 12.0 Å². The fourth-order valence-electron chi connectivity index (χ4n) is 3.33. The molecule has 1 N–H and O–H groups in total. The van der Waals surface area contributed by atoms with Gasteiger partial charge in [0.25, 0.3) is 0 Å². The molecule has 1 unspecified atom stereocenters. The highest BCUT2D eigenvalue weighted by molar-refractivity contribution is 14.1. The summed E-state index contributed by atoms with van der Waals surface area (Å²) in [5.74, 6) is 0.925. The molecule has 0 radical (unpaired) electrons. The minimum Gasteiger partial charge on any atom is -0.310 e. The van der Waals surface area contributed by atoms with Gasteiger partial charge in [-0.25, -0.2) is 0 Å². The second kappa shape index (κ2) is 8.38. The molecule has 1 nitrogen and oxygen atoms in total. The van der Waals surface area contributed by atoms with Crippen molar-refractivity contribution in [3.63, 3.8) is 0 Å². The molecule has 1 atom stereocenters. The molecule has 1 aliphatic carbocycles. The van der Waals surface area contributed by atoms with Crippen LogP contribution in [0.5, 0.6) is 0 Å². The monoisotopic (exact) mass is 385 g/mol. The van der Waals surface area contributed by atoms with Crippen LogP contribution in [0.15, 0.2) is 18.2 Å². The van der Waals surface area contributed by atoms with Crippen LogP contribution in [0.4, 0.5) is 0 Å². The number of hydrogen-bond acceptors (Lipinski definition) is 1. The van der Waals surface area contributed by atoms with Crippen molar-refractivity contribution in [2.24, 2.45) is 5.92 Å². The third kappa shape index (κ3) is 4.45. The fourth-order valence-corrected chi connectivity index (χ4v) is 4.07. The van der Waals surface area contributed by atoms with Gasteiger partial charge >= 0.3 is 0 Å². The number of benzene rings is 1. The van der Waals surface area contributed by atoms with Gasteiger partial charge in [0.15, 0.2) is 0 Å². The van der Waals surface area contributed by atoms with Crippen molar-refractivity contribution < 1.29 is 0 Å². The Morgan fingerprint density at radius 1 is 1.25 bits per heavy atom. The Bertz CT molecular complexity index is 410. The minimum absolute atomic E-state index is 0.546. The average Bonchev–Trinajstić information content (AvgIpc) is 2.48. The van der Waals surface area contributed by atoms with Crippen LogP contribution in [0.1, 0.15) is 69.0 Å². The van der Waals surface area contributed by atoms with E-state index in [1.165, 1.54) is 59.6 Å². The summed E-state index contributed by atoms with van der Waals surface area (Å²) < 4.78 is 1.45. The number of aryl methyl sites for hydroxylation is 1. The normalized spacial score (nSPS) is 18.1. The Hall–Kier alpha value is -0.0900. The molecule has 20 heavy (non-hydrogen) atoms. The standard InChI is InChI=1S/C18H28IN/c1-3-12-20-17(13-15-9-5-4-6-10-15)16-11-7-8-14(2)18(16)19/h7-8,11,15,17,20H,3-6,9-10,12-13H2,1-2H3. The maximum absolute atomic E-state index is 3.80. The van der Waals surface area contributed by atoms with Crippen molar-refractivity contribution in [1.29, 1.82) is 0 Å². The van der Waals surface area contributed by atoms with Gasteiger partial charge in [0.2, 0.25) is 0 Å². The number of hydrogen-bond donors (Lipinski definition) is 1. The van der Waals surface area contributed by atoms with E-state index in [-0.39, 0.29) is 0 Å². The summed E-state index contributed by atoms with van der Waals surface area (Å²) in [6.07, 6.45) is 9.74. The van der Waals surface area contributed by atoms with Crippen LogP contribution in [0.25, 0.3) is 0 Å². The average molecular weight is 385 g/mol. The van der Waals surface area contributed by atoms with E-state index in [1.807, 2.05) is 0 Å². The molecule has 1 aromatic carbocycles. The molecule has 1 saturated carbocycles. The Morgan fingerprint density at radius 2 is 2.00 bits per heavy atom. The van der Waals surface area contributed by atoms with E-state index in [0.717, 1.165) is 12.5 Å². The molecular formula is C18H28IN. The van der Waals surface area contributed by atoms with Gasteiger partial charge in [-0.1, -0.05) is 57.2 Å². The fraction of sp³-hybridized carbons (Fsp3) is 0.667. The highest BCUT2D eigenvalue weighted by Crippen LogP contribution is 2.34. The molecule has 0 heterocycles. The number of halogens is 1. The Morgan fingerprint density at radius 3 is 2.70 bits per heavy atom. The summed E-state index contributed by atoms with van der Waals surface area (Å²) in [7, 11) is 0. The van der Waals surface area contributed by atoms with Crippen molar-refractivity contribution in [1.82, 2.24) is 5.32 Å². The van der Waals surface area contributed by atoms with Gasteiger partial charge in [0, 0.05) is 9.61 Å². The van der Waals surface area contributed by atoms with E-state index in [2.05, 4.69) is 60.0 Å². The first-order valence-corrected chi connectivity index (χ1v) is 9.28. The zero-order chi connectivity index (χ0) is 14.4. The molecule has 2 rings (SSSR count). The molecule has 0 bridgehead atoms. The van der Waals surface area contributed by atoms with Gasteiger partial charge in [0.05, 0.1) is 0 Å². The molecular weight excluding hydrogens is 357 g/mol. The maximum Gasteiger partial charge on any atom is 0.0333 e. The van der Waals surface area contributed by atoms with Crippen LogP contribution in [0.2, 0.25) is 0 Å². The summed E-state index contributed by atoms with van der Waals surface area (Å²) in [6, 6.07) is 7.31. The van der Waals surface area contributed by atoms with Gasteiger partial charge < -0.3 is 5.32 Å². The summed E-state index contributed by atoms with van der Waals surface area (Å²) in [4.78, 5) is 0. The van der Waals surface area contributed by atoms with Crippen LogP contribution in [0.3, 0.4) is 0 Å². The number of nitrogens with one attached hydrogen (secondary N) is 1. The summed E-state index contributed by atoms with van der Waals surface area (Å²) >= 11 is 2.53. The third-order valence-corrected chi connectivity index (χ3v) is 6.01. The van der Waals surface area contributed by atoms with Crippen LogP contribution < -0.4 is 5.32 Å². The second-order valence-electron chi connectivity index (χ2n) is 6.22. The largest absolute Gasteiger partial charge is 0.310 e. The molecule has 0 aromatic heterocycles. The third-order valence-electron chi connectivity index (χ3n) is 4.53. The lowest BCUT2D eigenvalue weighted by atomic mass is 9.83. The Balaban J connectivity index is 2.11. The second-order valence-corrected chi connectivity index (χ2v) is 7.30. The van der Waals surface area contributed by atoms with Crippen molar-refractivity contribution in [3.05, 3.63) is 32.9 Å². The lowest BCUT2D eigenvalue weighted by molar-refractivity contribution is 0.299.